The van der Waals surface area contributed by atoms with Crippen molar-refractivity contribution in [3.8, 4) is 11.1 Å². The lowest BCUT2D eigenvalue weighted by Gasteiger charge is -2.48. The Balaban J connectivity index is 1.40. The molecule has 5 nitrogen and oxygen atoms in total. The third kappa shape index (κ3) is 5.24. The minimum absolute atomic E-state index is 0.110. The predicted molar refractivity (Wildman–Crippen MR) is 142 cm³/mol. The van der Waals surface area contributed by atoms with Crippen molar-refractivity contribution in [2.75, 3.05) is 4.90 Å². The number of carbonyl (C=O) groups excluding carboxylic acids is 1. The molecule has 5 rings (SSSR count). The van der Waals surface area contributed by atoms with Crippen molar-refractivity contribution in [2.24, 2.45) is 5.92 Å². The van der Waals surface area contributed by atoms with E-state index in [1.807, 2.05) is 30.3 Å². The second kappa shape index (κ2) is 10.9. The van der Waals surface area contributed by atoms with Gasteiger partial charge in [-0.05, 0) is 77.0 Å². The minimum Gasteiger partial charge on any atom is -0.423 e. The van der Waals surface area contributed by atoms with Gasteiger partial charge in [0.25, 0.3) is 0 Å². The van der Waals surface area contributed by atoms with Crippen LogP contribution in [0.4, 0.5) is 14.5 Å². The summed E-state index contributed by atoms with van der Waals surface area (Å²) in [6.45, 7) is 0. The summed E-state index contributed by atoms with van der Waals surface area (Å²) in [6, 6.07) is 25.8. The molecule has 0 bridgehead atoms. The van der Waals surface area contributed by atoms with E-state index >= 15 is 0 Å². The number of nitrogens with zero attached hydrogens (tertiary/aromatic N) is 1. The largest absolute Gasteiger partial charge is 0.488 e. The van der Waals surface area contributed by atoms with Gasteiger partial charge in [0, 0.05) is 5.69 Å². The van der Waals surface area contributed by atoms with Crippen LogP contribution < -0.4 is 10.4 Å². The molecular formula is C30H26BF2NO4. The maximum absolute atomic E-state index is 13.6. The van der Waals surface area contributed by atoms with Crippen LogP contribution in [0.2, 0.25) is 0 Å². The maximum atomic E-state index is 13.6. The molecule has 8 heteroatoms. The fourth-order valence-electron chi connectivity index (χ4n) is 5.04. The monoisotopic (exact) mass is 513 g/mol. The normalized spacial score (nSPS) is 17.7. The first kappa shape index (κ1) is 25.8. The van der Waals surface area contributed by atoms with Crippen LogP contribution in [0.3, 0.4) is 0 Å². The molecule has 1 amide bonds. The summed E-state index contributed by atoms with van der Waals surface area (Å²) in [6.07, 6.45) is -0.0947. The highest BCUT2D eigenvalue weighted by atomic mass is 19.1. The molecule has 4 aromatic rings. The van der Waals surface area contributed by atoms with E-state index in [-0.39, 0.29) is 17.8 Å². The Morgan fingerprint density at radius 3 is 2.08 bits per heavy atom. The number of halogens is 2. The van der Waals surface area contributed by atoms with Crippen LogP contribution >= 0.6 is 0 Å². The van der Waals surface area contributed by atoms with Crippen LogP contribution in [0.5, 0.6) is 0 Å². The summed E-state index contributed by atoms with van der Waals surface area (Å²) in [5, 5.41) is 29.6. The molecule has 4 aromatic carbocycles. The number of β-lactam (4-membered cyclic amide) rings is 1. The van der Waals surface area contributed by atoms with Crippen molar-refractivity contribution in [3.63, 3.8) is 0 Å². The van der Waals surface area contributed by atoms with Gasteiger partial charge in [-0.3, -0.25) is 4.79 Å². The number of anilines is 1. The SMILES string of the molecule is O=C1C(CCC(O)c2ccc(F)cc2)C(c2ccc(-c3cccc(B(O)O)c3)cc2)N1c1ccc(F)cc1. The first-order valence-electron chi connectivity index (χ1n) is 12.4. The molecule has 3 N–H and O–H groups in total. The van der Waals surface area contributed by atoms with Crippen LogP contribution in [-0.4, -0.2) is 28.2 Å². The quantitative estimate of drug-likeness (QED) is 0.239. The van der Waals surface area contributed by atoms with Crippen LogP contribution in [0.1, 0.15) is 36.1 Å². The standard InChI is InChI=1S/C30H26BF2NO4/c32-24-10-8-20(9-11-24)28(35)17-16-27-29(34(30(27)36)26-14-12-25(33)13-15-26)21-6-4-19(5-7-21)22-2-1-3-23(18-22)31(37)38/h1-15,18,27-29,35,37-38H,16-17H2. The van der Waals surface area contributed by atoms with Crippen molar-refractivity contribution < 1.29 is 28.7 Å². The van der Waals surface area contributed by atoms with Gasteiger partial charge >= 0.3 is 7.12 Å². The highest BCUT2D eigenvalue weighted by Crippen LogP contribution is 2.46. The molecule has 0 aliphatic carbocycles. The summed E-state index contributed by atoms with van der Waals surface area (Å²) in [4.78, 5) is 14.9. The average molecular weight is 513 g/mol. The van der Waals surface area contributed by atoms with Crippen molar-refractivity contribution >= 4 is 24.2 Å². The summed E-state index contributed by atoms with van der Waals surface area (Å²) >= 11 is 0. The third-order valence-corrected chi connectivity index (χ3v) is 7.09. The first-order valence-corrected chi connectivity index (χ1v) is 12.4. The molecule has 1 aliphatic heterocycles. The Morgan fingerprint density at radius 1 is 0.816 bits per heavy atom. The zero-order valence-electron chi connectivity index (χ0n) is 20.4. The Morgan fingerprint density at radius 2 is 1.45 bits per heavy atom. The lowest BCUT2D eigenvalue weighted by molar-refractivity contribution is -0.131. The Labute approximate surface area is 219 Å². The van der Waals surface area contributed by atoms with Gasteiger partial charge in [0.2, 0.25) is 5.91 Å². The predicted octanol–water partition coefficient (Wildman–Crippen LogP) is 4.53. The highest BCUT2D eigenvalue weighted by Gasteiger charge is 2.48. The van der Waals surface area contributed by atoms with Crippen LogP contribution in [0.25, 0.3) is 11.1 Å². The zero-order chi connectivity index (χ0) is 26.8. The smallest absolute Gasteiger partial charge is 0.423 e. The second-order valence-electron chi connectivity index (χ2n) is 9.50. The molecule has 192 valence electrons. The van der Waals surface area contributed by atoms with Gasteiger partial charge in [0.15, 0.2) is 0 Å². The third-order valence-electron chi connectivity index (χ3n) is 7.09. The van der Waals surface area contributed by atoms with E-state index in [1.165, 1.54) is 36.4 Å². The van der Waals surface area contributed by atoms with Gasteiger partial charge in [-0.25, -0.2) is 8.78 Å². The molecule has 3 unspecified atom stereocenters. The van der Waals surface area contributed by atoms with Crippen molar-refractivity contribution in [1.82, 2.24) is 0 Å². The summed E-state index contributed by atoms with van der Waals surface area (Å²) in [5.41, 5.74) is 4.14. The Kier molecular flexibility index (Phi) is 7.38. The molecule has 0 spiro atoms. The van der Waals surface area contributed by atoms with E-state index in [1.54, 1.807) is 35.2 Å². The molecule has 38 heavy (non-hydrogen) atoms. The van der Waals surface area contributed by atoms with Crippen molar-refractivity contribution in [1.29, 1.82) is 0 Å². The number of hydrogen-bond acceptors (Lipinski definition) is 4. The molecule has 0 aromatic heterocycles. The lowest BCUT2D eigenvalue weighted by atomic mass is 9.77. The Bertz CT molecular complexity index is 1410. The van der Waals surface area contributed by atoms with E-state index in [2.05, 4.69) is 0 Å². The first-order chi connectivity index (χ1) is 18.3. The van der Waals surface area contributed by atoms with Crippen molar-refractivity contribution in [2.45, 2.75) is 25.0 Å². The van der Waals surface area contributed by atoms with Crippen molar-refractivity contribution in [3.05, 3.63) is 120 Å². The van der Waals surface area contributed by atoms with Gasteiger partial charge in [-0.1, -0.05) is 60.7 Å². The van der Waals surface area contributed by atoms with E-state index in [0.717, 1.165) is 16.7 Å². The molecule has 1 fully saturated rings. The van der Waals surface area contributed by atoms with Gasteiger partial charge in [0.05, 0.1) is 18.1 Å². The molecule has 1 saturated heterocycles. The molecule has 3 atom stereocenters. The van der Waals surface area contributed by atoms with E-state index in [4.69, 9.17) is 0 Å². The van der Waals surface area contributed by atoms with Crippen LogP contribution in [0.15, 0.2) is 97.1 Å². The fourth-order valence-corrected chi connectivity index (χ4v) is 5.04. The number of aliphatic hydroxyl groups is 1. The van der Waals surface area contributed by atoms with E-state index in [0.29, 0.717) is 29.6 Å². The van der Waals surface area contributed by atoms with Gasteiger partial charge < -0.3 is 20.1 Å². The number of amides is 1. The minimum atomic E-state index is -1.56. The van der Waals surface area contributed by atoms with E-state index < -0.39 is 25.0 Å². The summed E-state index contributed by atoms with van der Waals surface area (Å²) < 4.78 is 26.8. The van der Waals surface area contributed by atoms with Crippen LogP contribution in [0, 0.1) is 17.6 Å². The van der Waals surface area contributed by atoms with E-state index in [9.17, 15) is 28.7 Å². The number of aliphatic hydroxyl groups excluding tert-OH is 1. The summed E-state index contributed by atoms with van der Waals surface area (Å²) in [7, 11) is -1.56. The molecule has 1 aliphatic rings. The molecule has 1 heterocycles. The fraction of sp³-hybridized carbons (Fsp3) is 0.167. The number of benzene rings is 4. The summed E-state index contributed by atoms with van der Waals surface area (Å²) in [5.74, 6) is -1.28. The molecule has 0 saturated carbocycles. The second-order valence-corrected chi connectivity index (χ2v) is 9.50. The maximum Gasteiger partial charge on any atom is 0.488 e. The average Bonchev–Trinajstić information content (AvgIpc) is 2.93. The Hall–Kier alpha value is -3.85. The lowest BCUT2D eigenvalue weighted by Crippen LogP contribution is -2.55. The molecule has 0 radical (unpaired) electrons. The number of carbonyl (C=O) groups is 1. The molecular weight excluding hydrogens is 487 g/mol. The highest BCUT2D eigenvalue weighted by molar-refractivity contribution is 6.58. The number of hydrogen-bond donors (Lipinski definition) is 3. The topological polar surface area (TPSA) is 81.0 Å². The van der Waals surface area contributed by atoms with Gasteiger partial charge in [-0.2, -0.15) is 0 Å². The van der Waals surface area contributed by atoms with Gasteiger partial charge in [-0.15, -0.1) is 0 Å². The van der Waals surface area contributed by atoms with Gasteiger partial charge in [0.1, 0.15) is 11.6 Å². The van der Waals surface area contributed by atoms with Crippen LogP contribution in [-0.2, 0) is 4.79 Å². The zero-order valence-corrected chi connectivity index (χ0v) is 20.4. The number of rotatable bonds is 8.